The number of hydrogen-bond acceptors (Lipinski definition) is 0. The van der Waals surface area contributed by atoms with E-state index in [1.165, 1.54) is 32.1 Å². The predicted molar refractivity (Wildman–Crippen MR) is 52.7 cm³/mol. The van der Waals surface area contributed by atoms with E-state index in [0.717, 1.165) is 0 Å². The monoisotopic (exact) mass is 154 g/mol. The standard InChI is InChI=1S/C11H22/c1-5-7-8-9-10-11(3,4)6-2/h5H,1,6-10H2,2-4H3. The average Bonchev–Trinajstić information content (AvgIpc) is 1.99. The average molecular weight is 154 g/mol. The fraction of sp³-hybridized carbons (Fsp3) is 0.818. The summed E-state index contributed by atoms with van der Waals surface area (Å²) in [5, 5.41) is 0. The first-order valence-corrected chi connectivity index (χ1v) is 4.73. The Kier molecular flexibility index (Phi) is 5.27. The fourth-order valence-corrected chi connectivity index (χ4v) is 1.07. The normalized spacial score (nSPS) is 11.5. The first kappa shape index (κ1) is 10.7. The molecule has 0 aromatic carbocycles. The molecule has 11 heavy (non-hydrogen) atoms. The van der Waals surface area contributed by atoms with Crippen LogP contribution < -0.4 is 0 Å². The Balaban J connectivity index is 3.29. The van der Waals surface area contributed by atoms with E-state index >= 15 is 0 Å². The predicted octanol–water partition coefficient (Wildman–Crippen LogP) is 4.17. The van der Waals surface area contributed by atoms with Crippen LogP contribution in [0.3, 0.4) is 0 Å². The summed E-state index contributed by atoms with van der Waals surface area (Å²) in [7, 11) is 0. The molecule has 66 valence electrons. The van der Waals surface area contributed by atoms with Gasteiger partial charge in [-0.3, -0.25) is 0 Å². The minimum Gasteiger partial charge on any atom is -0.103 e. The second-order valence-corrected chi connectivity index (χ2v) is 4.05. The van der Waals surface area contributed by atoms with Gasteiger partial charge in [0.25, 0.3) is 0 Å². The molecule has 0 amide bonds. The minimum atomic E-state index is 0.557. The van der Waals surface area contributed by atoms with Crippen molar-refractivity contribution in [1.29, 1.82) is 0 Å². The summed E-state index contributed by atoms with van der Waals surface area (Å²) >= 11 is 0. The van der Waals surface area contributed by atoms with E-state index in [-0.39, 0.29) is 0 Å². The molecule has 0 spiro atoms. The van der Waals surface area contributed by atoms with Crippen molar-refractivity contribution in [1.82, 2.24) is 0 Å². The molecule has 0 heteroatoms. The maximum absolute atomic E-state index is 3.71. The van der Waals surface area contributed by atoms with Crippen molar-refractivity contribution in [2.75, 3.05) is 0 Å². The molecule has 0 saturated carbocycles. The summed E-state index contributed by atoms with van der Waals surface area (Å²) in [5.41, 5.74) is 0.557. The summed E-state index contributed by atoms with van der Waals surface area (Å²) in [6.07, 6.45) is 8.51. The van der Waals surface area contributed by atoms with E-state index in [2.05, 4.69) is 27.4 Å². The Morgan fingerprint density at radius 2 is 1.91 bits per heavy atom. The second-order valence-electron chi connectivity index (χ2n) is 4.05. The van der Waals surface area contributed by atoms with Crippen molar-refractivity contribution >= 4 is 0 Å². The molecule has 0 heterocycles. The molecule has 0 fully saturated rings. The van der Waals surface area contributed by atoms with Crippen molar-refractivity contribution in [2.24, 2.45) is 5.41 Å². The van der Waals surface area contributed by atoms with Crippen LogP contribution in [0, 0.1) is 5.41 Å². The molecule has 0 saturated heterocycles. The molecule has 0 atom stereocenters. The first-order valence-electron chi connectivity index (χ1n) is 4.73. The molecule has 0 aromatic heterocycles. The van der Waals surface area contributed by atoms with Crippen LogP contribution in [0.5, 0.6) is 0 Å². The van der Waals surface area contributed by atoms with E-state index < -0.39 is 0 Å². The van der Waals surface area contributed by atoms with Crippen LogP contribution in [-0.4, -0.2) is 0 Å². The third-order valence-electron chi connectivity index (χ3n) is 2.47. The highest BCUT2D eigenvalue weighted by molar-refractivity contribution is 4.69. The van der Waals surface area contributed by atoms with Gasteiger partial charge in [-0.1, -0.05) is 39.7 Å². The summed E-state index contributed by atoms with van der Waals surface area (Å²) in [4.78, 5) is 0. The van der Waals surface area contributed by atoms with Gasteiger partial charge in [-0.15, -0.1) is 6.58 Å². The Hall–Kier alpha value is -0.260. The lowest BCUT2D eigenvalue weighted by Crippen LogP contribution is -2.08. The third-order valence-corrected chi connectivity index (χ3v) is 2.47. The number of rotatable bonds is 6. The number of unbranched alkanes of at least 4 members (excludes halogenated alkanes) is 2. The largest absolute Gasteiger partial charge is 0.103 e. The maximum Gasteiger partial charge on any atom is -0.0353 e. The van der Waals surface area contributed by atoms with E-state index in [1.54, 1.807) is 0 Å². The SMILES string of the molecule is C=CCCCCC(C)(C)CC. The molecular weight excluding hydrogens is 132 g/mol. The van der Waals surface area contributed by atoms with E-state index in [9.17, 15) is 0 Å². The highest BCUT2D eigenvalue weighted by Gasteiger charge is 2.13. The smallest absolute Gasteiger partial charge is 0.0353 e. The lowest BCUT2D eigenvalue weighted by molar-refractivity contribution is 0.310. The second kappa shape index (κ2) is 5.40. The Morgan fingerprint density at radius 3 is 2.36 bits per heavy atom. The molecule has 0 aliphatic heterocycles. The van der Waals surface area contributed by atoms with Crippen molar-refractivity contribution in [2.45, 2.75) is 52.9 Å². The molecule has 0 N–H and O–H groups in total. The lowest BCUT2D eigenvalue weighted by atomic mass is 9.84. The molecule has 0 aliphatic carbocycles. The van der Waals surface area contributed by atoms with Crippen LogP contribution in [0.4, 0.5) is 0 Å². The Labute approximate surface area is 71.7 Å². The fourth-order valence-electron chi connectivity index (χ4n) is 1.07. The first-order chi connectivity index (χ1) is 5.12. The summed E-state index contributed by atoms with van der Waals surface area (Å²) in [6.45, 7) is 10.7. The van der Waals surface area contributed by atoms with Gasteiger partial charge in [0.2, 0.25) is 0 Å². The van der Waals surface area contributed by atoms with Crippen molar-refractivity contribution < 1.29 is 0 Å². The van der Waals surface area contributed by atoms with Crippen molar-refractivity contribution in [3.8, 4) is 0 Å². The highest BCUT2D eigenvalue weighted by Crippen LogP contribution is 2.26. The number of hydrogen-bond donors (Lipinski definition) is 0. The maximum atomic E-state index is 3.71. The zero-order valence-corrected chi connectivity index (χ0v) is 8.32. The zero-order valence-electron chi connectivity index (χ0n) is 8.32. The topological polar surface area (TPSA) is 0 Å². The van der Waals surface area contributed by atoms with E-state index in [4.69, 9.17) is 0 Å². The molecule has 0 unspecified atom stereocenters. The summed E-state index contributed by atoms with van der Waals surface area (Å²) < 4.78 is 0. The molecular formula is C11H22. The molecule has 0 aliphatic rings. The van der Waals surface area contributed by atoms with Gasteiger partial charge in [-0.2, -0.15) is 0 Å². The van der Waals surface area contributed by atoms with Crippen LogP contribution in [0.1, 0.15) is 52.9 Å². The quantitative estimate of drug-likeness (QED) is 0.398. The van der Waals surface area contributed by atoms with Crippen LogP contribution in [-0.2, 0) is 0 Å². The van der Waals surface area contributed by atoms with Gasteiger partial charge in [-0.25, -0.2) is 0 Å². The van der Waals surface area contributed by atoms with E-state index in [0.29, 0.717) is 5.41 Å². The van der Waals surface area contributed by atoms with Gasteiger partial charge in [0.1, 0.15) is 0 Å². The summed E-state index contributed by atoms with van der Waals surface area (Å²) in [5.74, 6) is 0. The Bertz CT molecular complexity index is 101. The minimum absolute atomic E-state index is 0.557. The molecule has 0 aromatic rings. The molecule has 0 bridgehead atoms. The van der Waals surface area contributed by atoms with Crippen LogP contribution >= 0.6 is 0 Å². The van der Waals surface area contributed by atoms with Gasteiger partial charge in [0.05, 0.1) is 0 Å². The summed E-state index contributed by atoms with van der Waals surface area (Å²) in [6, 6.07) is 0. The molecule has 0 nitrogen and oxygen atoms in total. The van der Waals surface area contributed by atoms with Crippen molar-refractivity contribution in [3.05, 3.63) is 12.7 Å². The molecule has 0 radical (unpaired) electrons. The van der Waals surface area contributed by atoms with Gasteiger partial charge < -0.3 is 0 Å². The van der Waals surface area contributed by atoms with E-state index in [1.807, 2.05) is 6.08 Å². The Morgan fingerprint density at radius 1 is 1.27 bits per heavy atom. The zero-order chi connectivity index (χ0) is 8.74. The third kappa shape index (κ3) is 6.15. The van der Waals surface area contributed by atoms with Gasteiger partial charge in [0, 0.05) is 0 Å². The lowest BCUT2D eigenvalue weighted by Gasteiger charge is -2.21. The van der Waals surface area contributed by atoms with Crippen LogP contribution in [0.2, 0.25) is 0 Å². The van der Waals surface area contributed by atoms with Gasteiger partial charge in [0.15, 0.2) is 0 Å². The van der Waals surface area contributed by atoms with Gasteiger partial charge in [-0.05, 0) is 24.7 Å². The highest BCUT2D eigenvalue weighted by atomic mass is 14.2. The van der Waals surface area contributed by atoms with Crippen LogP contribution in [0.25, 0.3) is 0 Å². The van der Waals surface area contributed by atoms with Gasteiger partial charge >= 0.3 is 0 Å². The van der Waals surface area contributed by atoms with Crippen molar-refractivity contribution in [3.63, 3.8) is 0 Å². The van der Waals surface area contributed by atoms with Crippen LogP contribution in [0.15, 0.2) is 12.7 Å². The number of allylic oxidation sites excluding steroid dienone is 1. The molecule has 0 rings (SSSR count).